The largest absolute Gasteiger partial charge is 0.272 e. The number of carbonyl (C=O) groups excluding carboxylic acids is 2. The van der Waals surface area contributed by atoms with Gasteiger partial charge in [0.2, 0.25) is 0 Å². The van der Waals surface area contributed by atoms with Gasteiger partial charge in [-0.05, 0) is 36.4 Å². The van der Waals surface area contributed by atoms with Crippen molar-refractivity contribution < 1.29 is 14.0 Å². The Kier molecular flexibility index (Phi) is 4.90. The SMILES string of the molecule is O=C(NNC(=O)c1cnn(-c2ccccc2F)c1)c1ccc(Br)cc1. The number of hydrazine groups is 1. The number of carbonyl (C=O) groups is 2. The third-order valence-electron chi connectivity index (χ3n) is 3.34. The number of halogens is 2. The van der Waals surface area contributed by atoms with Crippen molar-refractivity contribution in [3.8, 4) is 5.69 Å². The van der Waals surface area contributed by atoms with E-state index in [0.717, 1.165) is 4.47 Å². The Labute approximate surface area is 150 Å². The minimum absolute atomic E-state index is 0.180. The molecule has 8 heteroatoms. The van der Waals surface area contributed by atoms with E-state index in [2.05, 4.69) is 31.9 Å². The molecule has 6 nitrogen and oxygen atoms in total. The number of hydrogen-bond donors (Lipinski definition) is 2. The lowest BCUT2D eigenvalue weighted by atomic mass is 10.2. The molecule has 2 amide bonds. The average Bonchev–Trinajstić information content (AvgIpc) is 3.10. The van der Waals surface area contributed by atoms with E-state index in [1.807, 2.05) is 0 Å². The number of aromatic nitrogens is 2. The number of amides is 2. The molecule has 0 saturated heterocycles. The van der Waals surface area contributed by atoms with Crippen molar-refractivity contribution in [1.82, 2.24) is 20.6 Å². The summed E-state index contributed by atoms with van der Waals surface area (Å²) >= 11 is 3.28. The smallest absolute Gasteiger partial charge is 0.267 e. The number of rotatable bonds is 3. The first kappa shape index (κ1) is 16.8. The topological polar surface area (TPSA) is 76.0 Å². The number of para-hydroxylation sites is 1. The van der Waals surface area contributed by atoms with Crippen LogP contribution in [0.25, 0.3) is 5.69 Å². The molecule has 2 N–H and O–H groups in total. The van der Waals surface area contributed by atoms with E-state index < -0.39 is 17.6 Å². The highest BCUT2D eigenvalue weighted by molar-refractivity contribution is 9.10. The van der Waals surface area contributed by atoms with Gasteiger partial charge in [0.1, 0.15) is 11.5 Å². The van der Waals surface area contributed by atoms with Crippen LogP contribution in [0.15, 0.2) is 65.4 Å². The van der Waals surface area contributed by atoms with Gasteiger partial charge in [-0.2, -0.15) is 5.10 Å². The fourth-order valence-electron chi connectivity index (χ4n) is 2.07. The van der Waals surface area contributed by atoms with Crippen LogP contribution in [0.3, 0.4) is 0 Å². The van der Waals surface area contributed by atoms with E-state index in [0.29, 0.717) is 5.56 Å². The Bertz CT molecular complexity index is 924. The predicted octanol–water partition coefficient (Wildman–Crippen LogP) is 2.85. The van der Waals surface area contributed by atoms with Crippen molar-refractivity contribution in [2.24, 2.45) is 0 Å². The van der Waals surface area contributed by atoms with Crippen LogP contribution in [-0.4, -0.2) is 21.6 Å². The summed E-state index contributed by atoms with van der Waals surface area (Å²) in [5.74, 6) is -1.48. The summed E-state index contributed by atoms with van der Waals surface area (Å²) in [6.45, 7) is 0. The molecule has 0 aliphatic rings. The molecule has 0 aliphatic carbocycles. The molecule has 0 radical (unpaired) electrons. The van der Waals surface area contributed by atoms with Crippen LogP contribution in [0.4, 0.5) is 4.39 Å². The standard InChI is InChI=1S/C17H12BrFN4O2/c18-13-7-5-11(6-8-13)16(24)21-22-17(25)12-9-20-23(10-12)15-4-2-1-3-14(15)19/h1-10H,(H,21,24)(H,22,25). The molecule has 0 aliphatic heterocycles. The van der Waals surface area contributed by atoms with Crippen molar-refractivity contribution in [3.05, 3.63) is 82.3 Å². The average molecular weight is 403 g/mol. The highest BCUT2D eigenvalue weighted by Crippen LogP contribution is 2.13. The van der Waals surface area contributed by atoms with Gasteiger partial charge in [-0.1, -0.05) is 28.1 Å². The van der Waals surface area contributed by atoms with Crippen LogP contribution in [0, 0.1) is 5.82 Å². The normalized spacial score (nSPS) is 10.3. The second-order valence-electron chi connectivity index (χ2n) is 5.04. The van der Waals surface area contributed by atoms with E-state index in [4.69, 9.17) is 0 Å². The number of nitrogens with zero attached hydrogens (tertiary/aromatic N) is 2. The first-order valence-corrected chi connectivity index (χ1v) is 8.00. The maximum Gasteiger partial charge on any atom is 0.272 e. The fourth-order valence-corrected chi connectivity index (χ4v) is 2.33. The molecule has 0 bridgehead atoms. The molecular weight excluding hydrogens is 391 g/mol. The third kappa shape index (κ3) is 3.92. The second kappa shape index (κ2) is 7.27. The van der Waals surface area contributed by atoms with Crippen LogP contribution in [-0.2, 0) is 0 Å². The summed E-state index contributed by atoms with van der Waals surface area (Å²) in [5.41, 5.74) is 5.40. The molecular formula is C17H12BrFN4O2. The van der Waals surface area contributed by atoms with E-state index in [1.54, 1.807) is 42.5 Å². The highest BCUT2D eigenvalue weighted by Gasteiger charge is 2.13. The van der Waals surface area contributed by atoms with Crippen molar-refractivity contribution >= 4 is 27.7 Å². The molecule has 126 valence electrons. The fraction of sp³-hybridized carbons (Fsp3) is 0. The maximum atomic E-state index is 13.7. The van der Waals surface area contributed by atoms with Crippen LogP contribution in [0.2, 0.25) is 0 Å². The lowest BCUT2D eigenvalue weighted by Gasteiger charge is -2.06. The van der Waals surface area contributed by atoms with Crippen molar-refractivity contribution in [2.45, 2.75) is 0 Å². The van der Waals surface area contributed by atoms with Crippen LogP contribution >= 0.6 is 15.9 Å². The van der Waals surface area contributed by atoms with Crippen molar-refractivity contribution in [2.75, 3.05) is 0 Å². The first-order valence-electron chi connectivity index (χ1n) is 7.20. The molecule has 3 aromatic rings. The zero-order valence-corrected chi connectivity index (χ0v) is 14.3. The van der Waals surface area contributed by atoms with Crippen molar-refractivity contribution in [1.29, 1.82) is 0 Å². The molecule has 25 heavy (non-hydrogen) atoms. The van der Waals surface area contributed by atoms with E-state index in [9.17, 15) is 14.0 Å². The predicted molar refractivity (Wildman–Crippen MR) is 92.6 cm³/mol. The van der Waals surface area contributed by atoms with Crippen LogP contribution in [0.1, 0.15) is 20.7 Å². The van der Waals surface area contributed by atoms with Gasteiger partial charge in [-0.25, -0.2) is 9.07 Å². The molecule has 1 aromatic heterocycles. The lowest BCUT2D eigenvalue weighted by molar-refractivity contribution is 0.0846. The summed E-state index contributed by atoms with van der Waals surface area (Å²) in [6, 6.07) is 12.7. The Morgan fingerprint density at radius 2 is 1.60 bits per heavy atom. The lowest BCUT2D eigenvalue weighted by Crippen LogP contribution is -2.41. The molecule has 3 rings (SSSR count). The summed E-state index contributed by atoms with van der Waals surface area (Å²) in [5, 5.41) is 3.96. The number of benzene rings is 2. The number of hydrogen-bond acceptors (Lipinski definition) is 3. The zero-order valence-electron chi connectivity index (χ0n) is 12.7. The molecule has 1 heterocycles. The van der Waals surface area contributed by atoms with Gasteiger partial charge in [-0.3, -0.25) is 20.4 Å². The zero-order chi connectivity index (χ0) is 17.8. The molecule has 0 unspecified atom stereocenters. The summed E-state index contributed by atoms with van der Waals surface area (Å²) in [6.07, 6.45) is 2.66. The number of nitrogens with one attached hydrogen (secondary N) is 2. The summed E-state index contributed by atoms with van der Waals surface area (Å²) in [4.78, 5) is 24.0. The van der Waals surface area contributed by atoms with Crippen molar-refractivity contribution in [3.63, 3.8) is 0 Å². The Morgan fingerprint density at radius 3 is 2.28 bits per heavy atom. The van der Waals surface area contributed by atoms with E-state index in [-0.39, 0.29) is 11.3 Å². The minimum Gasteiger partial charge on any atom is -0.267 e. The highest BCUT2D eigenvalue weighted by atomic mass is 79.9. The van der Waals surface area contributed by atoms with Gasteiger partial charge in [0.25, 0.3) is 11.8 Å². The summed E-state index contributed by atoms with van der Waals surface area (Å²) < 4.78 is 15.8. The first-order chi connectivity index (χ1) is 12.0. The molecule has 0 fully saturated rings. The quantitative estimate of drug-likeness (QED) is 0.661. The molecule has 0 atom stereocenters. The second-order valence-corrected chi connectivity index (χ2v) is 5.96. The molecule has 0 spiro atoms. The van der Waals surface area contributed by atoms with Crippen LogP contribution < -0.4 is 10.9 Å². The van der Waals surface area contributed by atoms with Gasteiger partial charge in [-0.15, -0.1) is 0 Å². The molecule has 2 aromatic carbocycles. The van der Waals surface area contributed by atoms with Gasteiger partial charge in [0.15, 0.2) is 0 Å². The maximum absolute atomic E-state index is 13.7. The Balaban J connectivity index is 1.65. The molecule has 0 saturated carbocycles. The van der Waals surface area contributed by atoms with Crippen LogP contribution in [0.5, 0.6) is 0 Å². The van der Waals surface area contributed by atoms with Gasteiger partial charge in [0, 0.05) is 16.2 Å². The van der Waals surface area contributed by atoms with Gasteiger partial charge in [0.05, 0.1) is 11.8 Å². The van der Waals surface area contributed by atoms with E-state index >= 15 is 0 Å². The minimum atomic E-state index is -0.562. The Morgan fingerprint density at radius 1 is 0.960 bits per heavy atom. The monoisotopic (exact) mass is 402 g/mol. The third-order valence-corrected chi connectivity index (χ3v) is 3.87. The van der Waals surface area contributed by atoms with Gasteiger partial charge < -0.3 is 0 Å². The Hall–Kier alpha value is -3.00. The van der Waals surface area contributed by atoms with E-state index in [1.165, 1.54) is 23.1 Å². The summed E-state index contributed by atoms with van der Waals surface area (Å²) in [7, 11) is 0. The van der Waals surface area contributed by atoms with Gasteiger partial charge >= 0.3 is 0 Å².